The third-order valence-corrected chi connectivity index (χ3v) is 2.87. The van der Waals surface area contributed by atoms with Gasteiger partial charge in [0.2, 0.25) is 0 Å². The van der Waals surface area contributed by atoms with E-state index in [9.17, 15) is 4.79 Å². The molecule has 3 heteroatoms. The first-order valence-corrected chi connectivity index (χ1v) is 5.92. The van der Waals surface area contributed by atoms with Crippen molar-refractivity contribution in [3.8, 4) is 0 Å². The molecule has 0 aliphatic carbocycles. The summed E-state index contributed by atoms with van der Waals surface area (Å²) >= 11 is 0. The van der Waals surface area contributed by atoms with Crippen molar-refractivity contribution in [3.05, 3.63) is 47.2 Å². The average Bonchev–Trinajstić information content (AvgIpc) is 2.35. The van der Waals surface area contributed by atoms with Crippen molar-refractivity contribution in [3.63, 3.8) is 0 Å². The Labute approximate surface area is 106 Å². The zero-order chi connectivity index (χ0) is 13.1. The maximum Gasteiger partial charge on any atom is 0.328 e. The van der Waals surface area contributed by atoms with Gasteiger partial charge in [0.1, 0.15) is 0 Å². The Morgan fingerprint density at radius 3 is 2.89 bits per heavy atom. The van der Waals surface area contributed by atoms with Gasteiger partial charge in [0.25, 0.3) is 0 Å². The number of benzene rings is 1. The minimum Gasteiger partial charge on any atom is -0.478 e. The summed E-state index contributed by atoms with van der Waals surface area (Å²) in [6.07, 6.45) is 3.70. The van der Waals surface area contributed by atoms with Crippen LogP contribution >= 0.6 is 0 Å². The Hall–Kier alpha value is -2.16. The molecule has 0 aliphatic rings. The summed E-state index contributed by atoms with van der Waals surface area (Å²) in [6, 6.07) is 7.92. The van der Waals surface area contributed by atoms with Crippen LogP contribution in [0.3, 0.4) is 0 Å². The number of aryl methyl sites for hydroxylation is 2. The number of nitrogens with zero attached hydrogens (tertiary/aromatic N) is 1. The second-order valence-corrected chi connectivity index (χ2v) is 4.19. The zero-order valence-corrected chi connectivity index (χ0v) is 10.5. The summed E-state index contributed by atoms with van der Waals surface area (Å²) < 4.78 is 0. The molecule has 0 bridgehead atoms. The molecule has 3 nitrogen and oxygen atoms in total. The molecule has 2 aromatic rings. The molecule has 1 aromatic carbocycles. The molecule has 0 amide bonds. The first-order chi connectivity index (χ1) is 8.61. The van der Waals surface area contributed by atoms with Crippen molar-refractivity contribution < 1.29 is 9.90 Å². The van der Waals surface area contributed by atoms with Crippen LogP contribution in [0.4, 0.5) is 0 Å². The van der Waals surface area contributed by atoms with Crippen LogP contribution in [0.2, 0.25) is 0 Å². The second-order valence-electron chi connectivity index (χ2n) is 4.19. The lowest BCUT2D eigenvalue weighted by atomic mass is 10.0. The quantitative estimate of drug-likeness (QED) is 0.839. The van der Waals surface area contributed by atoms with Crippen molar-refractivity contribution in [2.75, 3.05) is 0 Å². The summed E-state index contributed by atoms with van der Waals surface area (Å²) in [7, 11) is 0. The van der Waals surface area contributed by atoms with Gasteiger partial charge in [0.15, 0.2) is 0 Å². The van der Waals surface area contributed by atoms with Gasteiger partial charge in [-0.25, -0.2) is 4.79 Å². The summed E-state index contributed by atoms with van der Waals surface area (Å²) in [5, 5.41) is 9.71. The Bertz CT molecular complexity index is 630. The largest absolute Gasteiger partial charge is 0.478 e. The van der Waals surface area contributed by atoms with Crippen LogP contribution in [0.15, 0.2) is 30.3 Å². The van der Waals surface area contributed by atoms with E-state index in [1.54, 1.807) is 6.08 Å². The summed E-state index contributed by atoms with van der Waals surface area (Å²) in [4.78, 5) is 15.2. The van der Waals surface area contributed by atoms with E-state index < -0.39 is 5.97 Å². The minimum absolute atomic E-state index is 0.897. The molecule has 0 spiro atoms. The van der Waals surface area contributed by atoms with E-state index in [2.05, 4.69) is 18.0 Å². The highest BCUT2D eigenvalue weighted by Gasteiger charge is 2.05. The highest BCUT2D eigenvalue weighted by Crippen LogP contribution is 2.23. The van der Waals surface area contributed by atoms with Crippen LogP contribution in [0.25, 0.3) is 17.0 Å². The van der Waals surface area contributed by atoms with Crippen LogP contribution in [-0.2, 0) is 11.2 Å². The SMILES string of the molecule is CCc1cccc2c(/C=C/C(=O)O)cc(C)nc12. The number of hydrogen-bond acceptors (Lipinski definition) is 2. The molecule has 2 rings (SSSR count). The van der Waals surface area contributed by atoms with Crippen molar-refractivity contribution in [2.24, 2.45) is 0 Å². The Balaban J connectivity index is 2.70. The van der Waals surface area contributed by atoms with Crippen LogP contribution in [0.1, 0.15) is 23.7 Å². The van der Waals surface area contributed by atoms with Gasteiger partial charge >= 0.3 is 5.97 Å². The fraction of sp³-hybridized carbons (Fsp3) is 0.200. The van der Waals surface area contributed by atoms with E-state index in [4.69, 9.17) is 5.11 Å². The summed E-state index contributed by atoms with van der Waals surface area (Å²) in [5.41, 5.74) is 3.94. The molecule has 0 fully saturated rings. The number of pyridine rings is 1. The van der Waals surface area contributed by atoms with E-state index in [0.717, 1.165) is 34.7 Å². The first kappa shape index (κ1) is 12.3. The topological polar surface area (TPSA) is 50.2 Å². The number of aromatic nitrogens is 1. The number of fused-ring (bicyclic) bond motifs is 1. The van der Waals surface area contributed by atoms with E-state index in [-0.39, 0.29) is 0 Å². The van der Waals surface area contributed by atoms with Crippen molar-refractivity contribution >= 4 is 22.9 Å². The van der Waals surface area contributed by atoms with Gasteiger partial charge in [0, 0.05) is 17.2 Å². The van der Waals surface area contributed by atoms with E-state index >= 15 is 0 Å². The van der Waals surface area contributed by atoms with E-state index in [0.29, 0.717) is 0 Å². The molecular formula is C15H15NO2. The van der Waals surface area contributed by atoms with Crippen LogP contribution in [-0.4, -0.2) is 16.1 Å². The standard InChI is InChI=1S/C15H15NO2/c1-3-11-5-4-6-13-12(7-8-14(17)18)9-10(2)16-15(11)13/h4-9H,3H2,1-2H3,(H,17,18)/b8-7+. The van der Waals surface area contributed by atoms with Crippen LogP contribution in [0, 0.1) is 6.92 Å². The molecule has 18 heavy (non-hydrogen) atoms. The number of carboxylic acids is 1. The molecule has 0 saturated heterocycles. The highest BCUT2D eigenvalue weighted by molar-refractivity contribution is 5.94. The Kier molecular flexibility index (Phi) is 3.42. The van der Waals surface area contributed by atoms with Crippen molar-refractivity contribution in [1.82, 2.24) is 4.98 Å². The molecule has 92 valence electrons. The van der Waals surface area contributed by atoms with Crippen LogP contribution in [0.5, 0.6) is 0 Å². The maximum absolute atomic E-state index is 10.6. The fourth-order valence-electron chi connectivity index (χ4n) is 2.05. The fourth-order valence-corrected chi connectivity index (χ4v) is 2.05. The number of rotatable bonds is 3. The molecule has 0 atom stereocenters. The smallest absolute Gasteiger partial charge is 0.328 e. The van der Waals surface area contributed by atoms with Crippen molar-refractivity contribution in [1.29, 1.82) is 0 Å². The van der Waals surface area contributed by atoms with Gasteiger partial charge in [-0.3, -0.25) is 4.98 Å². The predicted molar refractivity (Wildman–Crippen MR) is 72.5 cm³/mol. The lowest BCUT2D eigenvalue weighted by molar-refractivity contribution is -0.131. The molecule has 1 heterocycles. The number of hydrogen-bond donors (Lipinski definition) is 1. The molecule has 0 saturated carbocycles. The lowest BCUT2D eigenvalue weighted by Gasteiger charge is -2.07. The molecule has 1 aromatic heterocycles. The van der Waals surface area contributed by atoms with Gasteiger partial charge in [0.05, 0.1) is 5.52 Å². The van der Waals surface area contributed by atoms with Crippen LogP contribution < -0.4 is 0 Å². The van der Waals surface area contributed by atoms with Gasteiger partial charge < -0.3 is 5.11 Å². The first-order valence-electron chi connectivity index (χ1n) is 5.92. The predicted octanol–water partition coefficient (Wildman–Crippen LogP) is 3.20. The number of para-hydroxylation sites is 1. The Morgan fingerprint density at radius 2 is 2.22 bits per heavy atom. The van der Waals surface area contributed by atoms with E-state index in [1.165, 1.54) is 5.56 Å². The molecule has 1 N–H and O–H groups in total. The third-order valence-electron chi connectivity index (χ3n) is 2.87. The lowest BCUT2D eigenvalue weighted by Crippen LogP contribution is -1.93. The van der Waals surface area contributed by atoms with Gasteiger partial charge in [-0.2, -0.15) is 0 Å². The molecule has 0 radical (unpaired) electrons. The third kappa shape index (κ3) is 2.40. The van der Waals surface area contributed by atoms with Gasteiger partial charge in [-0.1, -0.05) is 25.1 Å². The monoisotopic (exact) mass is 241 g/mol. The highest BCUT2D eigenvalue weighted by atomic mass is 16.4. The molecular weight excluding hydrogens is 226 g/mol. The minimum atomic E-state index is -0.940. The average molecular weight is 241 g/mol. The second kappa shape index (κ2) is 5.00. The Morgan fingerprint density at radius 1 is 1.44 bits per heavy atom. The molecule has 0 aliphatic heterocycles. The van der Waals surface area contributed by atoms with Gasteiger partial charge in [-0.15, -0.1) is 0 Å². The normalized spacial score (nSPS) is 11.2. The number of carbonyl (C=O) groups is 1. The number of carboxylic acid groups (broad SMARTS) is 1. The summed E-state index contributed by atoms with van der Waals surface area (Å²) in [6.45, 7) is 4.01. The van der Waals surface area contributed by atoms with E-state index in [1.807, 2.05) is 25.1 Å². The molecule has 0 unspecified atom stereocenters. The zero-order valence-electron chi connectivity index (χ0n) is 10.5. The van der Waals surface area contributed by atoms with Gasteiger partial charge in [-0.05, 0) is 36.6 Å². The summed E-state index contributed by atoms with van der Waals surface area (Å²) in [5.74, 6) is -0.940. The number of aliphatic carboxylic acids is 1. The maximum atomic E-state index is 10.6. The van der Waals surface area contributed by atoms with Crippen molar-refractivity contribution in [2.45, 2.75) is 20.3 Å².